The summed E-state index contributed by atoms with van der Waals surface area (Å²) in [6.45, 7) is 13.3. The van der Waals surface area contributed by atoms with Crippen LogP contribution in [0, 0.1) is 17.3 Å². The monoisotopic (exact) mass is 401 g/mol. The maximum Gasteiger partial charge on any atom is 0.165 e. The van der Waals surface area contributed by atoms with Crippen molar-refractivity contribution in [2.75, 3.05) is 5.73 Å². The van der Waals surface area contributed by atoms with Gasteiger partial charge in [-0.15, -0.1) is 0 Å². The van der Waals surface area contributed by atoms with Crippen LogP contribution in [0.5, 0.6) is 0 Å². The van der Waals surface area contributed by atoms with Crippen molar-refractivity contribution < 1.29 is 9.22 Å². The second-order valence-corrected chi connectivity index (χ2v) is 9.51. The Morgan fingerprint density at radius 3 is 2.64 bits per heavy atom. The molecule has 0 aromatic carbocycles. The molecule has 2 aromatic heterocycles. The fourth-order valence-corrected chi connectivity index (χ4v) is 5.54. The Kier molecular flexibility index (Phi) is 5.46. The highest BCUT2D eigenvalue weighted by atomic mass is 28.2. The van der Waals surface area contributed by atoms with E-state index in [2.05, 4.69) is 56.1 Å². The van der Waals surface area contributed by atoms with Crippen LogP contribution in [0.15, 0.2) is 24.3 Å². The van der Waals surface area contributed by atoms with Gasteiger partial charge in [0.2, 0.25) is 0 Å². The highest BCUT2D eigenvalue weighted by Crippen LogP contribution is 2.52. The topological polar surface area (TPSA) is 95.9 Å². The Balaban J connectivity index is 2.04. The number of imidazole rings is 1. The van der Waals surface area contributed by atoms with E-state index in [-0.39, 0.29) is 17.4 Å². The molecule has 0 saturated heterocycles. The van der Waals surface area contributed by atoms with Gasteiger partial charge in [-0.2, -0.15) is 0 Å². The summed E-state index contributed by atoms with van der Waals surface area (Å²) in [6, 6.07) is -0.0195. The molecule has 3 atom stereocenters. The quantitative estimate of drug-likeness (QED) is 0.566. The zero-order chi connectivity index (χ0) is 20.7. The van der Waals surface area contributed by atoms with Crippen LogP contribution >= 0.6 is 0 Å². The molecule has 28 heavy (non-hydrogen) atoms. The minimum atomic E-state index is -0.673. The van der Waals surface area contributed by atoms with Gasteiger partial charge in [0.15, 0.2) is 21.2 Å². The van der Waals surface area contributed by atoms with Crippen LogP contribution in [0.25, 0.3) is 11.2 Å². The number of nitrogen functional groups attached to an aromatic ring is 1. The summed E-state index contributed by atoms with van der Waals surface area (Å²) in [7, 11) is -0.673. The largest absolute Gasteiger partial charge is 0.418 e. The summed E-state index contributed by atoms with van der Waals surface area (Å²) >= 11 is 0. The minimum Gasteiger partial charge on any atom is -0.418 e. The molecule has 0 bridgehead atoms. The Morgan fingerprint density at radius 2 is 2.04 bits per heavy atom. The number of carbonyl (C=O) groups excluding carboxylic acids is 1. The van der Waals surface area contributed by atoms with Gasteiger partial charge in [0, 0.05) is 5.92 Å². The fourth-order valence-electron chi connectivity index (χ4n) is 4.36. The van der Waals surface area contributed by atoms with Crippen molar-refractivity contribution in [1.29, 1.82) is 0 Å². The van der Waals surface area contributed by atoms with Gasteiger partial charge in [0.05, 0.1) is 18.0 Å². The molecule has 0 fully saturated rings. The van der Waals surface area contributed by atoms with Crippen molar-refractivity contribution in [1.82, 2.24) is 19.5 Å². The lowest BCUT2D eigenvalue weighted by atomic mass is 9.62. The van der Waals surface area contributed by atoms with Gasteiger partial charge in [0.1, 0.15) is 18.1 Å². The number of nitrogens with two attached hydrogens (primary N) is 1. The van der Waals surface area contributed by atoms with Gasteiger partial charge in [-0.25, -0.2) is 15.0 Å². The van der Waals surface area contributed by atoms with Gasteiger partial charge < -0.3 is 14.7 Å². The van der Waals surface area contributed by atoms with Gasteiger partial charge in [0.25, 0.3) is 0 Å². The first-order chi connectivity index (χ1) is 13.2. The standard InChI is InChI=1S/C20H31N5O2Si/c1-12(2)19(3,4)20(5,27-28-6)15-8-14(7-13(15)9-26)25-11-24-16-17(21)22-10-23-18(16)25/h7,9-12,14-15H,8,28H2,1-6H3,(H2,21,22,23). The smallest absolute Gasteiger partial charge is 0.165 e. The van der Waals surface area contributed by atoms with Gasteiger partial charge in [-0.3, -0.25) is 4.79 Å². The van der Waals surface area contributed by atoms with Crippen molar-refractivity contribution >= 4 is 33.0 Å². The molecule has 1 aliphatic carbocycles. The summed E-state index contributed by atoms with van der Waals surface area (Å²) in [5.41, 5.74) is 7.50. The van der Waals surface area contributed by atoms with Crippen molar-refractivity contribution in [2.24, 2.45) is 17.3 Å². The van der Waals surface area contributed by atoms with Crippen molar-refractivity contribution in [3.05, 3.63) is 24.3 Å². The van der Waals surface area contributed by atoms with Crippen LogP contribution in [0.2, 0.25) is 6.55 Å². The Morgan fingerprint density at radius 1 is 1.32 bits per heavy atom. The predicted octanol–water partition coefficient (Wildman–Crippen LogP) is 2.68. The molecule has 7 nitrogen and oxygen atoms in total. The van der Waals surface area contributed by atoms with E-state index < -0.39 is 15.4 Å². The molecule has 2 aromatic rings. The van der Waals surface area contributed by atoms with E-state index in [4.69, 9.17) is 10.2 Å². The third-order valence-corrected chi connectivity index (χ3v) is 7.87. The maximum absolute atomic E-state index is 12.0. The summed E-state index contributed by atoms with van der Waals surface area (Å²) in [4.78, 5) is 24.8. The molecule has 8 heteroatoms. The highest BCUT2D eigenvalue weighted by Gasteiger charge is 2.52. The zero-order valence-corrected chi connectivity index (χ0v) is 19.1. The van der Waals surface area contributed by atoms with E-state index in [1.54, 1.807) is 6.33 Å². The summed E-state index contributed by atoms with van der Waals surface area (Å²) in [5.74, 6) is 0.784. The van der Waals surface area contributed by atoms with E-state index in [9.17, 15) is 4.79 Å². The number of rotatable bonds is 7. The third kappa shape index (κ3) is 3.08. The molecule has 0 aliphatic heterocycles. The lowest BCUT2D eigenvalue weighted by Gasteiger charge is -2.51. The van der Waals surface area contributed by atoms with Crippen molar-refractivity contribution in [2.45, 2.75) is 59.2 Å². The predicted molar refractivity (Wildman–Crippen MR) is 114 cm³/mol. The molecule has 3 unspecified atom stereocenters. The van der Waals surface area contributed by atoms with E-state index in [1.165, 1.54) is 6.33 Å². The second-order valence-electron chi connectivity index (χ2n) is 8.64. The molecule has 1 aliphatic rings. The Bertz CT molecular complexity index is 907. The molecular formula is C20H31N5O2Si. The van der Waals surface area contributed by atoms with E-state index in [1.807, 2.05) is 10.6 Å². The first-order valence-electron chi connectivity index (χ1n) is 9.91. The summed E-state index contributed by atoms with van der Waals surface area (Å²) in [5, 5.41) is 0. The first-order valence-corrected chi connectivity index (χ1v) is 11.9. The Labute approximate surface area is 168 Å². The van der Waals surface area contributed by atoms with Gasteiger partial charge >= 0.3 is 0 Å². The van der Waals surface area contributed by atoms with Gasteiger partial charge in [-0.1, -0.05) is 40.3 Å². The number of hydrogen-bond donors (Lipinski definition) is 1. The lowest BCUT2D eigenvalue weighted by Crippen LogP contribution is -2.53. The van der Waals surface area contributed by atoms with Crippen LogP contribution < -0.4 is 5.73 Å². The SMILES string of the molecule is C[SiH2]OC(C)(C1CC(n2cnc3c(N)ncnc32)C=C1C=O)C(C)(C)C(C)C. The van der Waals surface area contributed by atoms with Crippen LogP contribution in [0.1, 0.15) is 47.1 Å². The number of carbonyl (C=O) groups is 1. The van der Waals surface area contributed by atoms with Crippen LogP contribution in [-0.2, 0) is 9.22 Å². The van der Waals surface area contributed by atoms with Gasteiger partial charge in [-0.05, 0) is 30.3 Å². The number of allylic oxidation sites excluding steroid dienone is 1. The molecule has 2 heterocycles. The summed E-state index contributed by atoms with van der Waals surface area (Å²) < 4.78 is 8.50. The molecule has 0 spiro atoms. The van der Waals surface area contributed by atoms with Crippen LogP contribution in [0.4, 0.5) is 5.82 Å². The molecule has 0 radical (unpaired) electrons. The number of nitrogens with zero attached hydrogens (tertiary/aromatic N) is 4. The lowest BCUT2D eigenvalue weighted by molar-refractivity contribution is -0.110. The number of anilines is 1. The normalized spacial score (nSPS) is 22.9. The number of aromatic nitrogens is 4. The number of hydrogen-bond acceptors (Lipinski definition) is 6. The van der Waals surface area contributed by atoms with Crippen molar-refractivity contribution in [3.8, 4) is 0 Å². The average Bonchev–Trinajstić information content (AvgIpc) is 3.26. The molecule has 2 N–H and O–H groups in total. The third-order valence-electron chi connectivity index (χ3n) is 6.98. The Hall–Kier alpha value is -2.06. The molecule has 3 rings (SSSR count). The second kappa shape index (κ2) is 7.40. The summed E-state index contributed by atoms with van der Waals surface area (Å²) in [6.07, 6.45) is 6.98. The van der Waals surface area contributed by atoms with E-state index >= 15 is 0 Å². The van der Waals surface area contributed by atoms with Crippen LogP contribution in [0.3, 0.4) is 0 Å². The van der Waals surface area contributed by atoms with E-state index in [0.717, 1.165) is 18.3 Å². The average molecular weight is 402 g/mol. The fraction of sp³-hybridized carbons (Fsp3) is 0.600. The molecule has 152 valence electrons. The molecule has 0 saturated carbocycles. The number of fused-ring (bicyclic) bond motifs is 1. The van der Waals surface area contributed by atoms with E-state index in [0.29, 0.717) is 22.9 Å². The minimum absolute atomic E-state index is 0.0106. The first kappa shape index (κ1) is 20.7. The zero-order valence-electron chi connectivity index (χ0n) is 17.6. The van der Waals surface area contributed by atoms with Crippen LogP contribution in [-0.4, -0.2) is 41.2 Å². The molecular weight excluding hydrogens is 370 g/mol. The molecule has 0 amide bonds. The van der Waals surface area contributed by atoms with Crippen molar-refractivity contribution in [3.63, 3.8) is 0 Å². The highest BCUT2D eigenvalue weighted by molar-refractivity contribution is 6.25. The maximum atomic E-state index is 12.0. The number of aldehydes is 1.